The number of benzene rings is 1. The van der Waals surface area contributed by atoms with Crippen LogP contribution in [0.3, 0.4) is 0 Å². The van der Waals surface area contributed by atoms with Crippen LogP contribution in [0.4, 0.5) is 0 Å². The maximum absolute atomic E-state index is 11.3. The molecule has 0 aromatic heterocycles. The Hall–Kier alpha value is -1.35. The van der Waals surface area contributed by atoms with E-state index in [1.165, 1.54) is 5.56 Å². The van der Waals surface area contributed by atoms with E-state index in [-0.39, 0.29) is 5.41 Å². The Balaban J connectivity index is 2.17. The molecule has 1 unspecified atom stereocenters. The summed E-state index contributed by atoms with van der Waals surface area (Å²) in [5.41, 5.74) is 2.16. The van der Waals surface area contributed by atoms with E-state index in [1.807, 2.05) is 24.3 Å². The summed E-state index contributed by atoms with van der Waals surface area (Å²) in [7, 11) is 0. The van der Waals surface area contributed by atoms with E-state index in [9.17, 15) is 9.90 Å². The lowest BCUT2D eigenvalue weighted by molar-refractivity contribution is -0.139. The minimum absolute atomic E-state index is 0.0984. The molecule has 2 N–H and O–H groups in total. The van der Waals surface area contributed by atoms with E-state index in [0.717, 1.165) is 18.4 Å². The van der Waals surface area contributed by atoms with Gasteiger partial charge in [0.15, 0.2) is 0 Å². The van der Waals surface area contributed by atoms with Gasteiger partial charge in [-0.05, 0) is 29.4 Å². The average molecular weight is 247 g/mol. The van der Waals surface area contributed by atoms with Crippen molar-refractivity contribution >= 4 is 5.97 Å². The van der Waals surface area contributed by atoms with Gasteiger partial charge in [-0.3, -0.25) is 10.1 Å². The average Bonchev–Trinajstić information content (AvgIpc) is 3.08. The minimum Gasteiger partial charge on any atom is -0.480 e. The van der Waals surface area contributed by atoms with Gasteiger partial charge in [0.25, 0.3) is 0 Å². The van der Waals surface area contributed by atoms with Crippen LogP contribution in [-0.4, -0.2) is 17.1 Å². The summed E-state index contributed by atoms with van der Waals surface area (Å²) in [6.07, 6.45) is 2.17. The molecule has 3 heteroatoms. The summed E-state index contributed by atoms with van der Waals surface area (Å²) in [6, 6.07) is 7.71. The standard InChI is InChI=1S/C15H21NO2/c1-15(2,3)11-6-4-10(5-7-11)13(14(17)18)16-12-8-9-12/h4-7,12-13,16H,8-9H2,1-3H3,(H,17,18). The van der Waals surface area contributed by atoms with Gasteiger partial charge in [0.2, 0.25) is 0 Å². The normalized spacial score (nSPS) is 17.5. The Bertz CT molecular complexity index is 427. The smallest absolute Gasteiger partial charge is 0.325 e. The van der Waals surface area contributed by atoms with Crippen molar-refractivity contribution in [3.05, 3.63) is 35.4 Å². The Kier molecular flexibility index (Phi) is 3.44. The molecule has 0 heterocycles. The molecule has 0 saturated heterocycles. The lowest BCUT2D eigenvalue weighted by Gasteiger charge is -2.20. The van der Waals surface area contributed by atoms with Gasteiger partial charge in [-0.1, -0.05) is 45.0 Å². The molecule has 18 heavy (non-hydrogen) atoms. The van der Waals surface area contributed by atoms with Crippen molar-refractivity contribution in [1.29, 1.82) is 0 Å². The van der Waals surface area contributed by atoms with E-state index in [2.05, 4.69) is 26.1 Å². The van der Waals surface area contributed by atoms with E-state index in [1.54, 1.807) is 0 Å². The first-order valence-corrected chi connectivity index (χ1v) is 6.47. The number of hydrogen-bond donors (Lipinski definition) is 2. The molecule has 1 aliphatic rings. The van der Waals surface area contributed by atoms with Crippen LogP contribution in [0.25, 0.3) is 0 Å². The van der Waals surface area contributed by atoms with Crippen molar-refractivity contribution in [2.24, 2.45) is 0 Å². The molecule has 1 aromatic rings. The molecule has 2 rings (SSSR count). The van der Waals surface area contributed by atoms with Crippen LogP contribution in [0.1, 0.15) is 50.8 Å². The molecule has 0 bridgehead atoms. The molecule has 98 valence electrons. The van der Waals surface area contributed by atoms with Gasteiger partial charge in [-0.15, -0.1) is 0 Å². The summed E-state index contributed by atoms with van der Waals surface area (Å²) in [5.74, 6) is -0.801. The number of nitrogens with one attached hydrogen (secondary N) is 1. The number of rotatable bonds is 4. The summed E-state index contributed by atoms with van der Waals surface area (Å²) >= 11 is 0. The topological polar surface area (TPSA) is 49.3 Å². The SMILES string of the molecule is CC(C)(C)c1ccc(C(NC2CC2)C(=O)O)cc1. The van der Waals surface area contributed by atoms with E-state index in [4.69, 9.17) is 0 Å². The summed E-state index contributed by atoms with van der Waals surface area (Å²) in [4.78, 5) is 11.3. The van der Waals surface area contributed by atoms with Gasteiger partial charge >= 0.3 is 5.97 Å². The first-order valence-electron chi connectivity index (χ1n) is 6.47. The Morgan fingerprint density at radius 3 is 2.22 bits per heavy atom. The second-order valence-corrected chi connectivity index (χ2v) is 6.08. The predicted octanol–water partition coefficient (Wildman–Crippen LogP) is 2.86. The van der Waals surface area contributed by atoms with E-state index < -0.39 is 12.0 Å². The van der Waals surface area contributed by atoms with Gasteiger partial charge in [-0.2, -0.15) is 0 Å². The third-order valence-corrected chi connectivity index (χ3v) is 3.34. The third-order valence-electron chi connectivity index (χ3n) is 3.34. The van der Waals surface area contributed by atoms with Crippen LogP contribution in [0.2, 0.25) is 0 Å². The van der Waals surface area contributed by atoms with Crippen LogP contribution < -0.4 is 5.32 Å². The zero-order chi connectivity index (χ0) is 13.3. The minimum atomic E-state index is -0.801. The fourth-order valence-corrected chi connectivity index (χ4v) is 1.97. The molecular weight excluding hydrogens is 226 g/mol. The number of carboxylic acids is 1. The quantitative estimate of drug-likeness (QED) is 0.860. The van der Waals surface area contributed by atoms with E-state index >= 15 is 0 Å². The van der Waals surface area contributed by atoms with Crippen molar-refractivity contribution in [2.45, 2.75) is 51.1 Å². The van der Waals surface area contributed by atoms with Gasteiger partial charge in [0.05, 0.1) is 0 Å². The lowest BCUT2D eigenvalue weighted by atomic mass is 9.86. The molecule has 0 radical (unpaired) electrons. The second kappa shape index (κ2) is 4.73. The maximum atomic E-state index is 11.3. The summed E-state index contributed by atoms with van der Waals surface area (Å²) in [6.45, 7) is 6.46. The summed E-state index contributed by atoms with van der Waals surface area (Å²) < 4.78 is 0. The Morgan fingerprint density at radius 1 is 1.28 bits per heavy atom. The number of hydrogen-bond acceptors (Lipinski definition) is 2. The number of carboxylic acid groups (broad SMARTS) is 1. The molecule has 1 atom stereocenters. The molecule has 1 fully saturated rings. The van der Waals surface area contributed by atoms with Crippen LogP contribution in [0.5, 0.6) is 0 Å². The van der Waals surface area contributed by atoms with Crippen molar-refractivity contribution in [2.75, 3.05) is 0 Å². The van der Waals surface area contributed by atoms with Crippen LogP contribution in [-0.2, 0) is 10.2 Å². The Labute approximate surface area is 108 Å². The number of carbonyl (C=O) groups is 1. The molecule has 1 aromatic carbocycles. The first kappa shape index (κ1) is 13.1. The van der Waals surface area contributed by atoms with Crippen molar-refractivity contribution in [3.8, 4) is 0 Å². The molecular formula is C15H21NO2. The van der Waals surface area contributed by atoms with Crippen molar-refractivity contribution < 1.29 is 9.90 Å². The third kappa shape index (κ3) is 3.10. The zero-order valence-corrected chi connectivity index (χ0v) is 11.2. The number of aliphatic carboxylic acids is 1. The second-order valence-electron chi connectivity index (χ2n) is 6.08. The largest absolute Gasteiger partial charge is 0.480 e. The monoisotopic (exact) mass is 247 g/mol. The highest BCUT2D eigenvalue weighted by molar-refractivity contribution is 5.75. The van der Waals surface area contributed by atoms with Crippen molar-refractivity contribution in [3.63, 3.8) is 0 Å². The van der Waals surface area contributed by atoms with Gasteiger partial charge < -0.3 is 5.11 Å². The maximum Gasteiger partial charge on any atom is 0.325 e. The zero-order valence-electron chi connectivity index (χ0n) is 11.2. The van der Waals surface area contributed by atoms with Gasteiger partial charge in [-0.25, -0.2) is 0 Å². The molecule has 0 aliphatic heterocycles. The summed E-state index contributed by atoms with van der Waals surface area (Å²) in [5, 5.41) is 12.4. The highest BCUT2D eigenvalue weighted by Gasteiger charge is 2.29. The van der Waals surface area contributed by atoms with E-state index in [0.29, 0.717) is 6.04 Å². The molecule has 0 amide bonds. The molecule has 1 aliphatic carbocycles. The highest BCUT2D eigenvalue weighted by Crippen LogP contribution is 2.27. The van der Waals surface area contributed by atoms with Crippen LogP contribution in [0, 0.1) is 0 Å². The fraction of sp³-hybridized carbons (Fsp3) is 0.533. The lowest BCUT2D eigenvalue weighted by Crippen LogP contribution is -2.30. The van der Waals surface area contributed by atoms with Gasteiger partial charge in [0.1, 0.15) is 6.04 Å². The van der Waals surface area contributed by atoms with Gasteiger partial charge in [0, 0.05) is 6.04 Å². The fourth-order valence-electron chi connectivity index (χ4n) is 1.97. The molecule has 3 nitrogen and oxygen atoms in total. The highest BCUT2D eigenvalue weighted by atomic mass is 16.4. The Morgan fingerprint density at radius 2 is 1.83 bits per heavy atom. The van der Waals surface area contributed by atoms with Crippen LogP contribution in [0.15, 0.2) is 24.3 Å². The molecule has 0 spiro atoms. The van der Waals surface area contributed by atoms with Crippen LogP contribution >= 0.6 is 0 Å². The van der Waals surface area contributed by atoms with Crippen molar-refractivity contribution in [1.82, 2.24) is 5.32 Å². The molecule has 1 saturated carbocycles. The predicted molar refractivity (Wildman–Crippen MR) is 71.7 cm³/mol. The first-order chi connectivity index (χ1) is 8.38.